The molecule has 7 heteroatoms. The van der Waals surface area contributed by atoms with Crippen molar-refractivity contribution in [2.24, 2.45) is 5.10 Å². The maximum absolute atomic E-state index is 12.0. The second kappa shape index (κ2) is 8.84. The highest BCUT2D eigenvalue weighted by molar-refractivity contribution is 9.10. The minimum absolute atomic E-state index is 0.340. The normalized spacial score (nSPS) is 12.0. The Labute approximate surface area is 157 Å². The molecular formula is C17H16Br2N2O3. The molecule has 0 spiro atoms. The van der Waals surface area contributed by atoms with Gasteiger partial charge < -0.3 is 9.47 Å². The fraction of sp³-hybridized carbons (Fsp3) is 0.176. The van der Waals surface area contributed by atoms with Crippen LogP contribution in [0.4, 0.5) is 0 Å². The van der Waals surface area contributed by atoms with E-state index in [4.69, 9.17) is 9.47 Å². The van der Waals surface area contributed by atoms with Crippen LogP contribution in [0, 0.1) is 0 Å². The van der Waals surface area contributed by atoms with Crippen LogP contribution >= 0.6 is 31.9 Å². The first-order chi connectivity index (χ1) is 11.5. The Morgan fingerprint density at radius 3 is 2.50 bits per heavy atom. The van der Waals surface area contributed by atoms with Crippen molar-refractivity contribution in [2.75, 3.05) is 7.11 Å². The molecule has 24 heavy (non-hydrogen) atoms. The lowest BCUT2D eigenvalue weighted by molar-refractivity contribution is -0.127. The summed E-state index contributed by atoms with van der Waals surface area (Å²) in [6.07, 6.45) is 0.869. The number of benzene rings is 2. The van der Waals surface area contributed by atoms with Gasteiger partial charge in [-0.1, -0.05) is 31.9 Å². The van der Waals surface area contributed by atoms with Gasteiger partial charge in [0.2, 0.25) is 0 Å². The number of nitrogens with one attached hydrogen (secondary N) is 1. The van der Waals surface area contributed by atoms with Crippen molar-refractivity contribution in [3.63, 3.8) is 0 Å². The van der Waals surface area contributed by atoms with Crippen molar-refractivity contribution < 1.29 is 14.3 Å². The zero-order chi connectivity index (χ0) is 17.5. The number of amides is 1. The van der Waals surface area contributed by atoms with Gasteiger partial charge >= 0.3 is 0 Å². The highest BCUT2D eigenvalue weighted by Gasteiger charge is 2.13. The minimum Gasteiger partial charge on any atom is -0.497 e. The van der Waals surface area contributed by atoms with E-state index in [0.29, 0.717) is 11.5 Å². The molecule has 0 saturated carbocycles. The highest BCUT2D eigenvalue weighted by Crippen LogP contribution is 2.21. The van der Waals surface area contributed by atoms with E-state index in [-0.39, 0.29) is 5.91 Å². The van der Waals surface area contributed by atoms with E-state index in [0.717, 1.165) is 14.5 Å². The quantitative estimate of drug-likeness (QED) is 0.526. The van der Waals surface area contributed by atoms with Gasteiger partial charge in [0, 0.05) is 14.5 Å². The van der Waals surface area contributed by atoms with Crippen molar-refractivity contribution in [3.8, 4) is 11.5 Å². The SMILES string of the molecule is COc1ccc(Br)c(/C=N\NC(=O)[C@H](C)Oc2ccc(Br)cc2)c1. The Morgan fingerprint density at radius 1 is 1.17 bits per heavy atom. The van der Waals surface area contributed by atoms with E-state index >= 15 is 0 Å². The summed E-state index contributed by atoms with van der Waals surface area (Å²) in [6, 6.07) is 12.7. The molecule has 0 saturated heterocycles. The number of hydrogen-bond donors (Lipinski definition) is 1. The van der Waals surface area contributed by atoms with E-state index in [2.05, 4.69) is 42.4 Å². The number of ether oxygens (including phenoxy) is 2. The number of rotatable bonds is 6. The molecule has 0 aliphatic heterocycles. The van der Waals surface area contributed by atoms with Crippen molar-refractivity contribution in [1.82, 2.24) is 5.43 Å². The van der Waals surface area contributed by atoms with Gasteiger partial charge in [0.15, 0.2) is 6.10 Å². The lowest BCUT2D eigenvalue weighted by atomic mass is 10.2. The molecule has 5 nitrogen and oxygen atoms in total. The number of halogens is 2. The molecule has 0 aromatic heterocycles. The van der Waals surface area contributed by atoms with Crippen LogP contribution in [0.15, 0.2) is 56.5 Å². The second-order valence-corrected chi connectivity index (χ2v) is 6.61. The van der Waals surface area contributed by atoms with Gasteiger partial charge in [0.25, 0.3) is 5.91 Å². The summed E-state index contributed by atoms with van der Waals surface area (Å²) in [5.74, 6) is 0.978. The van der Waals surface area contributed by atoms with Crippen molar-refractivity contribution in [1.29, 1.82) is 0 Å². The molecule has 0 heterocycles. The fourth-order valence-corrected chi connectivity index (χ4v) is 2.39. The smallest absolute Gasteiger partial charge is 0.280 e. The van der Waals surface area contributed by atoms with Crippen LogP contribution in [-0.2, 0) is 4.79 Å². The first kappa shape index (κ1) is 18.5. The fourth-order valence-electron chi connectivity index (χ4n) is 1.77. The number of carbonyl (C=O) groups is 1. The van der Waals surface area contributed by atoms with Crippen LogP contribution in [0.25, 0.3) is 0 Å². The van der Waals surface area contributed by atoms with Crippen LogP contribution in [0.2, 0.25) is 0 Å². The predicted molar refractivity (Wildman–Crippen MR) is 101 cm³/mol. The third-order valence-electron chi connectivity index (χ3n) is 3.08. The second-order valence-electron chi connectivity index (χ2n) is 4.84. The number of carbonyl (C=O) groups excluding carboxylic acids is 1. The Balaban J connectivity index is 1.93. The van der Waals surface area contributed by atoms with Gasteiger partial charge in [-0.25, -0.2) is 5.43 Å². The number of methoxy groups -OCH3 is 1. The molecule has 1 atom stereocenters. The van der Waals surface area contributed by atoms with Crippen LogP contribution in [0.1, 0.15) is 12.5 Å². The highest BCUT2D eigenvalue weighted by atomic mass is 79.9. The van der Waals surface area contributed by atoms with E-state index in [1.54, 1.807) is 26.2 Å². The minimum atomic E-state index is -0.669. The summed E-state index contributed by atoms with van der Waals surface area (Å²) >= 11 is 6.76. The lowest BCUT2D eigenvalue weighted by Crippen LogP contribution is -2.33. The van der Waals surface area contributed by atoms with Crippen molar-refractivity contribution in [2.45, 2.75) is 13.0 Å². The van der Waals surface area contributed by atoms with E-state index in [1.165, 1.54) is 6.21 Å². The third kappa shape index (κ3) is 5.35. The van der Waals surface area contributed by atoms with Crippen LogP contribution in [0.3, 0.4) is 0 Å². The number of nitrogens with zero attached hydrogens (tertiary/aromatic N) is 1. The lowest BCUT2D eigenvalue weighted by Gasteiger charge is -2.12. The Kier molecular flexibility index (Phi) is 6.81. The third-order valence-corrected chi connectivity index (χ3v) is 4.33. The van der Waals surface area contributed by atoms with Crippen LogP contribution in [0.5, 0.6) is 11.5 Å². The summed E-state index contributed by atoms with van der Waals surface area (Å²) < 4.78 is 12.5. The number of hydrazone groups is 1. The summed E-state index contributed by atoms with van der Waals surface area (Å²) in [7, 11) is 1.59. The summed E-state index contributed by atoms with van der Waals surface area (Å²) in [5, 5.41) is 3.96. The molecule has 0 aliphatic rings. The molecule has 1 N–H and O–H groups in total. The maximum Gasteiger partial charge on any atom is 0.280 e. The van der Waals surface area contributed by atoms with Gasteiger partial charge in [0.1, 0.15) is 11.5 Å². The summed E-state index contributed by atoms with van der Waals surface area (Å²) in [6.45, 7) is 1.66. The molecule has 0 bridgehead atoms. The zero-order valence-electron chi connectivity index (χ0n) is 13.1. The first-order valence-electron chi connectivity index (χ1n) is 7.08. The molecule has 0 radical (unpaired) electrons. The molecule has 2 rings (SSSR count). The van der Waals surface area contributed by atoms with E-state index < -0.39 is 6.10 Å². The average molecular weight is 456 g/mol. The Morgan fingerprint density at radius 2 is 1.83 bits per heavy atom. The van der Waals surface area contributed by atoms with Crippen LogP contribution < -0.4 is 14.9 Å². The molecular weight excluding hydrogens is 440 g/mol. The summed E-state index contributed by atoms with van der Waals surface area (Å²) in [5.41, 5.74) is 3.25. The van der Waals surface area contributed by atoms with Gasteiger partial charge in [-0.05, 0) is 49.4 Å². The van der Waals surface area contributed by atoms with Gasteiger partial charge in [-0.2, -0.15) is 5.10 Å². The molecule has 2 aromatic carbocycles. The Bertz CT molecular complexity index is 733. The van der Waals surface area contributed by atoms with Gasteiger partial charge in [0.05, 0.1) is 13.3 Å². The monoisotopic (exact) mass is 454 g/mol. The van der Waals surface area contributed by atoms with Crippen molar-refractivity contribution in [3.05, 3.63) is 57.0 Å². The van der Waals surface area contributed by atoms with E-state index in [9.17, 15) is 4.79 Å². The topological polar surface area (TPSA) is 59.9 Å². The molecule has 0 aliphatic carbocycles. The predicted octanol–water partition coefficient (Wildman–Crippen LogP) is 4.14. The van der Waals surface area contributed by atoms with Gasteiger partial charge in [-0.3, -0.25) is 4.79 Å². The van der Waals surface area contributed by atoms with Crippen molar-refractivity contribution >= 4 is 44.0 Å². The molecule has 0 unspecified atom stereocenters. The maximum atomic E-state index is 12.0. The standard InChI is InChI=1S/C17H16Br2N2O3/c1-11(24-14-5-3-13(18)4-6-14)17(22)21-20-10-12-9-15(23-2)7-8-16(12)19/h3-11H,1-2H3,(H,21,22)/b20-10-/t11-/m0/s1. The summed E-state index contributed by atoms with van der Waals surface area (Å²) in [4.78, 5) is 12.0. The van der Waals surface area contributed by atoms with E-state index in [1.807, 2.05) is 30.3 Å². The largest absolute Gasteiger partial charge is 0.497 e. The molecule has 2 aromatic rings. The van der Waals surface area contributed by atoms with Gasteiger partial charge in [-0.15, -0.1) is 0 Å². The molecule has 0 fully saturated rings. The zero-order valence-corrected chi connectivity index (χ0v) is 16.3. The Hall–Kier alpha value is -1.86. The molecule has 126 valence electrons. The average Bonchev–Trinajstić information content (AvgIpc) is 2.58. The molecule has 1 amide bonds. The number of hydrogen-bond acceptors (Lipinski definition) is 4. The van der Waals surface area contributed by atoms with Crippen LogP contribution in [-0.4, -0.2) is 25.3 Å². The first-order valence-corrected chi connectivity index (χ1v) is 8.67.